The van der Waals surface area contributed by atoms with Crippen LogP contribution in [0.5, 0.6) is 0 Å². The first kappa shape index (κ1) is 18.0. The SMILES string of the molecule is [N-]=[N+]=NC[C@H](OCc1ccccc1)[C@H](CO)OCc1ccccc1. The van der Waals surface area contributed by atoms with Gasteiger partial charge in [0.1, 0.15) is 6.10 Å². The van der Waals surface area contributed by atoms with Crippen LogP contribution in [-0.2, 0) is 22.7 Å². The molecule has 2 atom stereocenters. The molecule has 0 heterocycles. The van der Waals surface area contributed by atoms with Crippen LogP contribution in [0.3, 0.4) is 0 Å². The van der Waals surface area contributed by atoms with Gasteiger partial charge >= 0.3 is 0 Å². The van der Waals surface area contributed by atoms with Crippen LogP contribution in [0.2, 0.25) is 0 Å². The summed E-state index contributed by atoms with van der Waals surface area (Å²) in [5, 5.41) is 13.2. The third kappa shape index (κ3) is 6.02. The molecule has 0 radical (unpaired) electrons. The first-order valence-corrected chi connectivity index (χ1v) is 7.76. The van der Waals surface area contributed by atoms with Crippen LogP contribution in [-0.4, -0.2) is 30.5 Å². The van der Waals surface area contributed by atoms with Gasteiger partial charge in [-0.25, -0.2) is 0 Å². The van der Waals surface area contributed by atoms with E-state index in [1.165, 1.54) is 0 Å². The highest BCUT2D eigenvalue weighted by atomic mass is 16.5. The molecule has 0 aromatic heterocycles. The average molecular weight is 327 g/mol. The molecule has 0 unspecified atom stereocenters. The van der Waals surface area contributed by atoms with Crippen LogP contribution < -0.4 is 0 Å². The van der Waals surface area contributed by atoms with E-state index in [2.05, 4.69) is 10.0 Å². The lowest BCUT2D eigenvalue weighted by Gasteiger charge is -2.25. The number of aliphatic hydroxyl groups is 1. The number of hydrogen-bond acceptors (Lipinski definition) is 4. The number of nitrogens with zero attached hydrogens (tertiary/aromatic N) is 3. The molecule has 2 aromatic rings. The Morgan fingerprint density at radius 3 is 1.83 bits per heavy atom. The minimum absolute atomic E-state index is 0.101. The maximum Gasteiger partial charge on any atom is 0.107 e. The van der Waals surface area contributed by atoms with Crippen LogP contribution in [0, 0.1) is 0 Å². The second-order valence-corrected chi connectivity index (χ2v) is 5.27. The Bertz CT molecular complexity index is 630. The van der Waals surface area contributed by atoms with E-state index in [0.29, 0.717) is 13.2 Å². The summed E-state index contributed by atoms with van der Waals surface area (Å²) in [6.45, 7) is 0.599. The summed E-state index contributed by atoms with van der Waals surface area (Å²) < 4.78 is 11.6. The maximum atomic E-state index is 9.63. The zero-order chi connectivity index (χ0) is 17.0. The third-order valence-electron chi connectivity index (χ3n) is 3.53. The Morgan fingerprint density at radius 2 is 1.38 bits per heavy atom. The van der Waals surface area contributed by atoms with Crippen LogP contribution in [0.1, 0.15) is 11.1 Å². The highest BCUT2D eigenvalue weighted by Gasteiger charge is 2.22. The van der Waals surface area contributed by atoms with Gasteiger partial charge in [0.05, 0.1) is 32.5 Å². The Hall–Kier alpha value is -2.37. The minimum atomic E-state index is -0.570. The topological polar surface area (TPSA) is 87.5 Å². The van der Waals surface area contributed by atoms with E-state index in [1.54, 1.807) is 0 Å². The predicted molar refractivity (Wildman–Crippen MR) is 91.1 cm³/mol. The number of azide groups is 1. The molecule has 0 saturated carbocycles. The van der Waals surface area contributed by atoms with Crippen molar-refractivity contribution in [1.29, 1.82) is 0 Å². The monoisotopic (exact) mass is 327 g/mol. The molecule has 2 aromatic carbocycles. The largest absolute Gasteiger partial charge is 0.394 e. The van der Waals surface area contributed by atoms with Crippen LogP contribution in [0.4, 0.5) is 0 Å². The first-order chi connectivity index (χ1) is 11.8. The Kier molecular flexibility index (Phi) is 7.80. The summed E-state index contributed by atoms with van der Waals surface area (Å²) >= 11 is 0. The van der Waals surface area contributed by atoms with Gasteiger partial charge in [-0.3, -0.25) is 0 Å². The van der Waals surface area contributed by atoms with Crippen LogP contribution in [0.15, 0.2) is 65.8 Å². The molecule has 126 valence electrons. The summed E-state index contributed by atoms with van der Waals surface area (Å²) in [5.74, 6) is 0. The lowest BCUT2D eigenvalue weighted by molar-refractivity contribution is -0.0995. The molecule has 0 amide bonds. The second-order valence-electron chi connectivity index (χ2n) is 5.27. The van der Waals surface area contributed by atoms with E-state index in [0.717, 1.165) is 11.1 Å². The fraction of sp³-hybridized carbons (Fsp3) is 0.333. The van der Waals surface area contributed by atoms with Crippen molar-refractivity contribution in [2.45, 2.75) is 25.4 Å². The van der Waals surface area contributed by atoms with E-state index in [9.17, 15) is 5.11 Å². The van der Waals surface area contributed by atoms with Crippen molar-refractivity contribution < 1.29 is 14.6 Å². The molecule has 0 saturated heterocycles. The van der Waals surface area contributed by atoms with Crippen LogP contribution >= 0.6 is 0 Å². The van der Waals surface area contributed by atoms with Crippen LogP contribution in [0.25, 0.3) is 10.4 Å². The van der Waals surface area contributed by atoms with Gasteiger partial charge in [0.15, 0.2) is 0 Å². The van der Waals surface area contributed by atoms with E-state index < -0.39 is 12.2 Å². The molecule has 0 aliphatic carbocycles. The third-order valence-corrected chi connectivity index (χ3v) is 3.53. The summed E-state index contributed by atoms with van der Waals surface area (Å²) in [6.07, 6.45) is -1.09. The first-order valence-electron chi connectivity index (χ1n) is 7.76. The van der Waals surface area contributed by atoms with Gasteiger partial charge in [0, 0.05) is 4.91 Å². The van der Waals surface area contributed by atoms with Gasteiger partial charge in [0.2, 0.25) is 0 Å². The molecule has 0 spiro atoms. The Morgan fingerprint density at radius 1 is 0.875 bits per heavy atom. The maximum absolute atomic E-state index is 9.63. The molecule has 1 N–H and O–H groups in total. The molecule has 6 heteroatoms. The van der Waals surface area contributed by atoms with Crippen molar-refractivity contribution in [3.8, 4) is 0 Å². The highest BCUT2D eigenvalue weighted by molar-refractivity contribution is 5.14. The van der Waals surface area contributed by atoms with E-state index in [4.69, 9.17) is 15.0 Å². The van der Waals surface area contributed by atoms with Crippen molar-refractivity contribution in [3.63, 3.8) is 0 Å². The number of benzene rings is 2. The highest BCUT2D eigenvalue weighted by Crippen LogP contribution is 2.12. The normalized spacial score (nSPS) is 13.0. The molecule has 0 fully saturated rings. The Labute approximate surface area is 141 Å². The molecule has 2 rings (SSSR count). The van der Waals surface area contributed by atoms with Gasteiger partial charge in [-0.15, -0.1) is 0 Å². The second kappa shape index (κ2) is 10.4. The van der Waals surface area contributed by atoms with Crippen molar-refractivity contribution >= 4 is 0 Å². The number of ether oxygens (including phenoxy) is 2. The standard InChI is InChI=1S/C18H21N3O3/c19-21-20-11-17(23-13-15-7-3-1-4-8-15)18(12-22)24-14-16-9-5-2-6-10-16/h1-10,17-18,22H,11-14H2/t17-,18-/m0/s1. The van der Waals surface area contributed by atoms with Gasteiger partial charge in [-0.2, -0.15) is 0 Å². The molecule has 6 nitrogen and oxygen atoms in total. The molecule has 0 aliphatic heterocycles. The summed E-state index contributed by atoms with van der Waals surface area (Å²) in [4.78, 5) is 2.77. The smallest absolute Gasteiger partial charge is 0.107 e. The summed E-state index contributed by atoms with van der Waals surface area (Å²) in [5.41, 5.74) is 10.6. The Balaban J connectivity index is 1.96. The van der Waals surface area contributed by atoms with Gasteiger partial charge < -0.3 is 14.6 Å². The van der Waals surface area contributed by atoms with Crippen molar-refractivity contribution in [2.75, 3.05) is 13.2 Å². The molecule has 24 heavy (non-hydrogen) atoms. The fourth-order valence-electron chi connectivity index (χ4n) is 2.23. The molecular weight excluding hydrogens is 306 g/mol. The van der Waals surface area contributed by atoms with E-state index >= 15 is 0 Å². The van der Waals surface area contributed by atoms with Crippen molar-refractivity contribution in [1.82, 2.24) is 0 Å². The molecule has 0 aliphatic rings. The van der Waals surface area contributed by atoms with Gasteiger partial charge in [0.25, 0.3) is 0 Å². The summed E-state index contributed by atoms with van der Waals surface area (Å²) in [6, 6.07) is 19.4. The van der Waals surface area contributed by atoms with E-state index in [-0.39, 0.29) is 13.2 Å². The van der Waals surface area contributed by atoms with Gasteiger partial charge in [-0.1, -0.05) is 65.8 Å². The summed E-state index contributed by atoms with van der Waals surface area (Å²) in [7, 11) is 0. The minimum Gasteiger partial charge on any atom is -0.394 e. The quantitative estimate of drug-likeness (QED) is 0.412. The zero-order valence-electron chi connectivity index (χ0n) is 13.4. The number of hydrogen-bond donors (Lipinski definition) is 1. The lowest BCUT2D eigenvalue weighted by Crippen LogP contribution is -2.36. The number of rotatable bonds is 10. The predicted octanol–water partition coefficient (Wildman–Crippen LogP) is 3.46. The van der Waals surface area contributed by atoms with Crippen molar-refractivity contribution in [2.24, 2.45) is 5.11 Å². The van der Waals surface area contributed by atoms with E-state index in [1.807, 2.05) is 60.7 Å². The molecule has 0 bridgehead atoms. The zero-order valence-corrected chi connectivity index (χ0v) is 13.4. The van der Waals surface area contributed by atoms with Crippen molar-refractivity contribution in [3.05, 3.63) is 82.2 Å². The average Bonchev–Trinajstić information content (AvgIpc) is 2.65. The number of aliphatic hydroxyl groups excluding tert-OH is 1. The molecular formula is C18H21N3O3. The lowest BCUT2D eigenvalue weighted by atomic mass is 10.2. The van der Waals surface area contributed by atoms with Gasteiger partial charge in [-0.05, 0) is 16.7 Å². The fourth-order valence-corrected chi connectivity index (χ4v) is 2.23.